The molecule has 156 valence electrons. The Hall–Kier alpha value is -3.51. The molecule has 0 amide bonds. The van der Waals surface area contributed by atoms with Crippen LogP contribution >= 0.6 is 0 Å². The molecule has 0 aliphatic rings. The van der Waals surface area contributed by atoms with E-state index in [-0.39, 0.29) is 15.4 Å². The first-order valence-corrected chi connectivity index (χ1v) is 11.2. The molecule has 0 aliphatic heterocycles. The highest BCUT2D eigenvalue weighted by Gasteiger charge is 2.28. The molecule has 0 N–H and O–H groups in total. The molecule has 4 aromatic rings. The van der Waals surface area contributed by atoms with Crippen molar-refractivity contribution in [1.29, 1.82) is 0 Å². The van der Waals surface area contributed by atoms with E-state index in [4.69, 9.17) is 4.74 Å². The quantitative estimate of drug-likeness (QED) is 0.419. The van der Waals surface area contributed by atoms with Crippen LogP contribution in [0, 0.1) is 13.8 Å². The number of hydrogen-bond acceptors (Lipinski definition) is 5. The number of aryl methyl sites for hydroxylation is 2. The molecule has 4 rings (SSSR count). The Morgan fingerprint density at radius 1 is 0.903 bits per heavy atom. The van der Waals surface area contributed by atoms with Gasteiger partial charge in [0.1, 0.15) is 5.75 Å². The van der Waals surface area contributed by atoms with Gasteiger partial charge in [-0.1, -0.05) is 24.3 Å². The van der Waals surface area contributed by atoms with Crippen LogP contribution in [-0.2, 0) is 9.84 Å². The van der Waals surface area contributed by atoms with E-state index < -0.39 is 15.6 Å². The number of benzene rings is 3. The number of methoxy groups -OCH3 is 1. The van der Waals surface area contributed by atoms with Gasteiger partial charge in [0.2, 0.25) is 9.84 Å². The highest BCUT2D eigenvalue weighted by molar-refractivity contribution is 7.91. The Morgan fingerprint density at radius 2 is 1.61 bits per heavy atom. The molecule has 0 aliphatic carbocycles. The Kier molecular flexibility index (Phi) is 5.33. The molecular weight excluding hydrogens is 410 g/mol. The average molecular weight is 432 g/mol. The third-order valence-electron chi connectivity index (χ3n) is 5.38. The van der Waals surface area contributed by atoms with Gasteiger partial charge in [0, 0.05) is 17.1 Å². The number of ketones is 1. The first-order valence-electron chi connectivity index (χ1n) is 9.72. The van der Waals surface area contributed by atoms with Crippen LogP contribution in [0.5, 0.6) is 5.75 Å². The number of nitrogens with zero attached hydrogens (tertiary/aromatic N) is 1. The third kappa shape index (κ3) is 3.70. The van der Waals surface area contributed by atoms with E-state index in [9.17, 15) is 13.2 Å². The van der Waals surface area contributed by atoms with Gasteiger partial charge in [0.05, 0.1) is 28.0 Å². The van der Waals surface area contributed by atoms with Crippen LogP contribution in [0.15, 0.2) is 82.7 Å². The second-order valence-electron chi connectivity index (χ2n) is 7.33. The van der Waals surface area contributed by atoms with Crippen molar-refractivity contribution in [3.8, 4) is 5.75 Å². The summed E-state index contributed by atoms with van der Waals surface area (Å²) >= 11 is 0. The smallest absolute Gasteiger partial charge is 0.208 e. The summed E-state index contributed by atoms with van der Waals surface area (Å²) in [7, 11) is -2.45. The fourth-order valence-corrected chi connectivity index (χ4v) is 5.18. The maximum atomic E-state index is 13.8. The van der Waals surface area contributed by atoms with E-state index in [0.717, 1.165) is 11.1 Å². The number of hydrogen-bond donors (Lipinski definition) is 0. The number of carbonyl (C=O) groups is 1. The zero-order chi connectivity index (χ0) is 22.2. The van der Waals surface area contributed by atoms with Gasteiger partial charge < -0.3 is 4.74 Å². The lowest BCUT2D eigenvalue weighted by molar-refractivity contribution is 0.103. The molecule has 3 aromatic carbocycles. The summed E-state index contributed by atoms with van der Waals surface area (Å²) < 4.78 is 32.7. The van der Waals surface area contributed by atoms with Gasteiger partial charge in [-0.25, -0.2) is 8.42 Å². The van der Waals surface area contributed by atoms with E-state index in [1.54, 1.807) is 73.8 Å². The van der Waals surface area contributed by atoms with Crippen molar-refractivity contribution in [2.24, 2.45) is 0 Å². The number of rotatable bonds is 5. The van der Waals surface area contributed by atoms with E-state index in [0.29, 0.717) is 22.2 Å². The topological polar surface area (TPSA) is 73.3 Å². The van der Waals surface area contributed by atoms with E-state index in [1.807, 2.05) is 13.8 Å². The fourth-order valence-electron chi connectivity index (χ4n) is 3.46. The Bertz CT molecular complexity index is 1410. The van der Waals surface area contributed by atoms with Gasteiger partial charge in [-0.2, -0.15) is 0 Å². The lowest BCUT2D eigenvalue weighted by Gasteiger charge is -2.14. The Labute approximate surface area is 181 Å². The summed E-state index contributed by atoms with van der Waals surface area (Å²) in [5.41, 5.74) is 2.77. The van der Waals surface area contributed by atoms with Gasteiger partial charge >= 0.3 is 0 Å². The van der Waals surface area contributed by atoms with E-state index in [1.165, 1.54) is 6.20 Å². The molecule has 0 spiro atoms. The van der Waals surface area contributed by atoms with E-state index in [2.05, 4.69) is 4.98 Å². The molecule has 0 radical (unpaired) electrons. The molecule has 0 atom stereocenters. The van der Waals surface area contributed by atoms with Crippen molar-refractivity contribution >= 4 is 26.5 Å². The maximum Gasteiger partial charge on any atom is 0.208 e. The lowest BCUT2D eigenvalue weighted by Crippen LogP contribution is -2.13. The monoisotopic (exact) mass is 431 g/mol. The molecule has 1 aromatic heterocycles. The minimum absolute atomic E-state index is 0.0258. The van der Waals surface area contributed by atoms with Crippen molar-refractivity contribution in [1.82, 2.24) is 4.98 Å². The van der Waals surface area contributed by atoms with Crippen LogP contribution in [0.2, 0.25) is 0 Å². The summed E-state index contributed by atoms with van der Waals surface area (Å²) in [6.45, 7) is 3.79. The first kappa shape index (κ1) is 20.8. The lowest BCUT2D eigenvalue weighted by atomic mass is 10.0. The van der Waals surface area contributed by atoms with Gasteiger partial charge in [-0.05, 0) is 67.4 Å². The second-order valence-corrected chi connectivity index (χ2v) is 9.21. The maximum absolute atomic E-state index is 13.8. The van der Waals surface area contributed by atoms with Gasteiger partial charge in [-0.3, -0.25) is 9.78 Å². The number of carbonyl (C=O) groups excluding carboxylic acids is 1. The molecule has 31 heavy (non-hydrogen) atoms. The van der Waals surface area contributed by atoms with Crippen LogP contribution in [0.3, 0.4) is 0 Å². The minimum Gasteiger partial charge on any atom is -0.497 e. The normalized spacial score (nSPS) is 11.5. The summed E-state index contributed by atoms with van der Waals surface area (Å²) in [5, 5.41) is 0.417. The number of ether oxygens (including phenoxy) is 1. The van der Waals surface area contributed by atoms with Crippen molar-refractivity contribution in [3.63, 3.8) is 0 Å². The molecule has 0 saturated carbocycles. The average Bonchev–Trinajstić information content (AvgIpc) is 2.79. The summed E-state index contributed by atoms with van der Waals surface area (Å²) in [4.78, 5) is 17.8. The standard InChI is InChI=1S/C25H21NO4S/c1-16-8-13-20(14-17(16)2)31(28,29)25-21-6-4-5-7-23(21)26-15-22(25)24(27)18-9-11-19(30-3)12-10-18/h4-15H,1-3H3. The fraction of sp³-hybridized carbons (Fsp3) is 0.120. The third-order valence-corrected chi connectivity index (χ3v) is 7.23. The number of pyridine rings is 1. The van der Waals surface area contributed by atoms with Gasteiger partial charge in [0.25, 0.3) is 0 Å². The second kappa shape index (κ2) is 7.96. The van der Waals surface area contributed by atoms with Crippen LogP contribution in [0.4, 0.5) is 0 Å². The SMILES string of the molecule is COc1ccc(C(=O)c2cnc3ccccc3c2S(=O)(=O)c2ccc(C)c(C)c2)cc1. The predicted molar refractivity (Wildman–Crippen MR) is 120 cm³/mol. The summed E-state index contributed by atoms with van der Waals surface area (Å²) in [6.07, 6.45) is 1.35. The van der Waals surface area contributed by atoms with Crippen LogP contribution in [0.1, 0.15) is 27.0 Å². The van der Waals surface area contributed by atoms with Crippen molar-refractivity contribution < 1.29 is 17.9 Å². The van der Waals surface area contributed by atoms with Crippen molar-refractivity contribution in [2.45, 2.75) is 23.6 Å². The zero-order valence-corrected chi connectivity index (χ0v) is 18.2. The number of sulfone groups is 1. The summed E-state index contributed by atoms with van der Waals surface area (Å²) in [6, 6.07) is 18.5. The molecule has 0 unspecified atom stereocenters. The largest absolute Gasteiger partial charge is 0.497 e. The molecule has 0 fully saturated rings. The Balaban J connectivity index is 1.98. The van der Waals surface area contributed by atoms with Crippen LogP contribution < -0.4 is 4.74 Å². The van der Waals surface area contributed by atoms with Gasteiger partial charge in [-0.15, -0.1) is 0 Å². The number of para-hydroxylation sites is 1. The van der Waals surface area contributed by atoms with E-state index >= 15 is 0 Å². The highest BCUT2D eigenvalue weighted by atomic mass is 32.2. The number of fused-ring (bicyclic) bond motifs is 1. The molecular formula is C25H21NO4S. The van der Waals surface area contributed by atoms with Crippen molar-refractivity contribution in [2.75, 3.05) is 7.11 Å². The van der Waals surface area contributed by atoms with Gasteiger partial charge in [0.15, 0.2) is 5.78 Å². The Morgan fingerprint density at radius 3 is 2.29 bits per heavy atom. The highest BCUT2D eigenvalue weighted by Crippen LogP contribution is 2.32. The zero-order valence-electron chi connectivity index (χ0n) is 17.4. The molecule has 1 heterocycles. The van der Waals surface area contributed by atoms with Crippen LogP contribution in [0.25, 0.3) is 10.9 Å². The first-order chi connectivity index (χ1) is 14.8. The summed E-state index contributed by atoms with van der Waals surface area (Å²) in [5.74, 6) is 0.194. The molecule has 5 nitrogen and oxygen atoms in total. The predicted octanol–water partition coefficient (Wildman–Crippen LogP) is 4.92. The molecule has 6 heteroatoms. The molecule has 0 bridgehead atoms. The number of aromatic nitrogens is 1. The van der Waals surface area contributed by atoms with Crippen molar-refractivity contribution in [3.05, 3.63) is 95.2 Å². The minimum atomic E-state index is -3.99. The molecule has 0 saturated heterocycles. The van der Waals surface area contributed by atoms with Crippen LogP contribution in [-0.4, -0.2) is 26.3 Å².